The van der Waals surface area contributed by atoms with Crippen molar-refractivity contribution in [2.24, 2.45) is 0 Å². The van der Waals surface area contributed by atoms with E-state index in [2.05, 4.69) is 20.3 Å². The number of nitrogens with one attached hydrogen (secondary N) is 1. The predicted octanol–water partition coefficient (Wildman–Crippen LogP) is 5.62. The number of fused-ring (bicyclic) bond motifs is 1. The van der Waals surface area contributed by atoms with Gasteiger partial charge < -0.3 is 24.1 Å². The summed E-state index contributed by atoms with van der Waals surface area (Å²) in [4.78, 5) is 27.6. The lowest BCUT2D eigenvalue weighted by Crippen LogP contribution is -2.51. The average Bonchev–Trinajstić information content (AvgIpc) is 3.33. The number of alkyl halides is 3. The first kappa shape index (κ1) is 31.9. The highest BCUT2D eigenvalue weighted by Gasteiger charge is 2.37. The molecular weight excluding hydrogens is 596 g/mol. The number of benzene rings is 2. The topological polar surface area (TPSA) is 124 Å². The van der Waals surface area contributed by atoms with Crippen molar-refractivity contribution in [3.63, 3.8) is 0 Å². The molecule has 0 saturated heterocycles. The number of hydrogen-bond donors (Lipinski definition) is 1. The Morgan fingerprint density at radius 1 is 1.09 bits per heavy atom. The van der Waals surface area contributed by atoms with Crippen LogP contribution in [-0.4, -0.2) is 50.2 Å². The molecule has 2 heterocycles. The molecule has 3 aromatic rings. The van der Waals surface area contributed by atoms with Crippen molar-refractivity contribution in [2.45, 2.75) is 76.4 Å². The Kier molecular flexibility index (Phi) is 8.60. The third-order valence-corrected chi connectivity index (χ3v) is 7.41. The maximum absolute atomic E-state index is 15.4. The Bertz CT molecular complexity index is 1540. The molecule has 43 heavy (non-hydrogen) atoms. The van der Waals surface area contributed by atoms with Crippen molar-refractivity contribution in [1.29, 1.82) is 0 Å². The Morgan fingerprint density at radius 2 is 1.74 bits per heavy atom. The fourth-order valence-corrected chi connectivity index (χ4v) is 5.40. The van der Waals surface area contributed by atoms with Crippen LogP contribution in [0.1, 0.15) is 53.0 Å². The second-order valence-corrected chi connectivity index (χ2v) is 13.3. The van der Waals surface area contributed by atoms with Gasteiger partial charge in [-0.1, -0.05) is 32.9 Å². The zero-order chi connectivity index (χ0) is 31.9. The first-order chi connectivity index (χ1) is 19.8. The van der Waals surface area contributed by atoms with Crippen LogP contribution in [0.5, 0.6) is 5.75 Å². The van der Waals surface area contributed by atoms with Gasteiger partial charge in [-0.05, 0) is 50.6 Å². The lowest BCUT2D eigenvalue weighted by Gasteiger charge is -2.27. The molecule has 0 saturated carbocycles. The third kappa shape index (κ3) is 7.89. The van der Waals surface area contributed by atoms with Crippen LogP contribution in [0.15, 0.2) is 45.7 Å². The number of halogens is 4. The normalized spacial score (nSPS) is 17.7. The number of rotatable bonds is 5. The van der Waals surface area contributed by atoms with Gasteiger partial charge in [0.05, 0.1) is 39.2 Å². The molecule has 1 unspecified atom stereocenters. The molecule has 1 aromatic heterocycles. The standard InChI is InChI=1S/C28H30F4N4O6S/c1-26(2,3)24-35-34-22(40-24)17-11-20-21(12-18(17)29)43(39)14-19(33-25(38)42-27(4,5)6)23(37)36(20)13-15-7-9-16(10-8-15)41-28(30,31)32/h7-12,19H,13-14H2,1-6H3,(H,33,38)/t19-,43?/m0/s1. The number of carbonyl (C=O) groups excluding carboxylic acids is 2. The first-order valence-electron chi connectivity index (χ1n) is 13.0. The molecular formula is C28H30F4N4O6S. The third-order valence-electron chi connectivity index (χ3n) is 5.95. The minimum absolute atomic E-state index is 0.0272. The highest BCUT2D eigenvalue weighted by atomic mass is 32.2. The number of ether oxygens (including phenoxy) is 2. The van der Waals surface area contributed by atoms with Gasteiger partial charge in [-0.15, -0.1) is 23.4 Å². The highest BCUT2D eigenvalue weighted by Crippen LogP contribution is 2.37. The van der Waals surface area contributed by atoms with Crippen LogP contribution in [0, 0.1) is 5.82 Å². The fourth-order valence-electron chi connectivity index (χ4n) is 4.05. The van der Waals surface area contributed by atoms with Crippen LogP contribution in [0.4, 0.5) is 28.0 Å². The maximum atomic E-state index is 15.4. The summed E-state index contributed by atoms with van der Waals surface area (Å²) in [5.74, 6) is -2.36. The summed E-state index contributed by atoms with van der Waals surface area (Å²) in [6, 6.07) is 5.66. The number of anilines is 1. The molecule has 1 aliphatic heterocycles. The average molecular weight is 627 g/mol. The molecule has 1 aliphatic rings. The number of alkyl carbamates (subject to hydrolysis) is 1. The van der Waals surface area contributed by atoms with E-state index >= 15 is 4.39 Å². The minimum atomic E-state index is -4.89. The molecule has 0 bridgehead atoms. The van der Waals surface area contributed by atoms with E-state index in [1.165, 1.54) is 18.2 Å². The van der Waals surface area contributed by atoms with E-state index in [1.54, 1.807) is 20.8 Å². The molecule has 2 atom stereocenters. The largest absolute Gasteiger partial charge is 0.573 e. The molecule has 0 fully saturated rings. The molecule has 15 heteroatoms. The SMILES string of the molecule is CC(C)(C)OC(=O)N[C@H]1CS(=O)c2cc(F)c(-c3nnc(C(C)(C)C)o3)cc2N(Cc2ccc(OC(F)(F)F)cc2)C1=O. The van der Waals surface area contributed by atoms with E-state index in [1.807, 2.05) is 20.8 Å². The van der Waals surface area contributed by atoms with Crippen LogP contribution >= 0.6 is 0 Å². The summed E-state index contributed by atoms with van der Waals surface area (Å²) < 4.78 is 81.7. The van der Waals surface area contributed by atoms with Crippen LogP contribution in [0.25, 0.3) is 11.5 Å². The smallest absolute Gasteiger partial charge is 0.444 e. The van der Waals surface area contributed by atoms with Crippen molar-refractivity contribution >= 4 is 28.5 Å². The number of amides is 2. The molecule has 1 N–H and O–H groups in total. The molecule has 0 spiro atoms. The highest BCUT2D eigenvalue weighted by molar-refractivity contribution is 7.85. The minimum Gasteiger partial charge on any atom is -0.444 e. The maximum Gasteiger partial charge on any atom is 0.573 e. The summed E-state index contributed by atoms with van der Waals surface area (Å²) in [6.45, 7) is 10.1. The lowest BCUT2D eigenvalue weighted by molar-refractivity contribution is -0.274. The van der Waals surface area contributed by atoms with E-state index in [9.17, 15) is 27.0 Å². The van der Waals surface area contributed by atoms with Crippen LogP contribution in [0.2, 0.25) is 0 Å². The molecule has 4 rings (SSSR count). The quantitative estimate of drug-likeness (QED) is 0.362. The van der Waals surface area contributed by atoms with Crippen molar-refractivity contribution in [2.75, 3.05) is 10.7 Å². The van der Waals surface area contributed by atoms with Crippen molar-refractivity contribution < 1.29 is 45.3 Å². The van der Waals surface area contributed by atoms with Gasteiger partial charge in [-0.2, -0.15) is 0 Å². The van der Waals surface area contributed by atoms with Crippen molar-refractivity contribution in [3.05, 3.63) is 53.7 Å². The second-order valence-electron chi connectivity index (χ2n) is 11.8. The molecule has 10 nitrogen and oxygen atoms in total. The summed E-state index contributed by atoms with van der Waals surface area (Å²) in [5.41, 5.74) is -1.22. The van der Waals surface area contributed by atoms with E-state index in [0.717, 1.165) is 23.1 Å². The van der Waals surface area contributed by atoms with Gasteiger partial charge in [0.2, 0.25) is 5.89 Å². The summed E-state index contributed by atoms with van der Waals surface area (Å²) in [6.07, 6.45) is -5.83. The Balaban J connectivity index is 1.78. The summed E-state index contributed by atoms with van der Waals surface area (Å²) in [5, 5.41) is 10.4. The van der Waals surface area contributed by atoms with Gasteiger partial charge in [0.25, 0.3) is 11.8 Å². The Hall–Kier alpha value is -4.01. The van der Waals surface area contributed by atoms with Gasteiger partial charge in [0.1, 0.15) is 23.2 Å². The Labute approximate surface area is 247 Å². The number of hydrogen-bond acceptors (Lipinski definition) is 8. The number of carbonyl (C=O) groups is 2. The van der Waals surface area contributed by atoms with Crippen LogP contribution in [0.3, 0.4) is 0 Å². The van der Waals surface area contributed by atoms with E-state index in [4.69, 9.17) is 9.15 Å². The van der Waals surface area contributed by atoms with Gasteiger partial charge in [0.15, 0.2) is 0 Å². The second kappa shape index (κ2) is 11.6. The molecule has 232 valence electrons. The summed E-state index contributed by atoms with van der Waals surface area (Å²) in [7, 11) is -1.98. The predicted molar refractivity (Wildman–Crippen MR) is 147 cm³/mol. The zero-order valence-electron chi connectivity index (χ0n) is 24.2. The van der Waals surface area contributed by atoms with Crippen molar-refractivity contribution in [1.82, 2.24) is 15.5 Å². The summed E-state index contributed by atoms with van der Waals surface area (Å²) >= 11 is 0. The molecule has 2 amide bonds. The van der Waals surface area contributed by atoms with Crippen LogP contribution in [-0.2, 0) is 32.3 Å². The molecule has 2 aromatic carbocycles. The van der Waals surface area contributed by atoms with Crippen molar-refractivity contribution in [3.8, 4) is 17.2 Å². The Morgan fingerprint density at radius 3 is 2.30 bits per heavy atom. The first-order valence-corrected chi connectivity index (χ1v) is 14.3. The fraction of sp³-hybridized carbons (Fsp3) is 0.429. The van der Waals surface area contributed by atoms with Gasteiger partial charge >= 0.3 is 12.5 Å². The molecule has 0 radical (unpaired) electrons. The zero-order valence-corrected chi connectivity index (χ0v) is 25.0. The number of aromatic nitrogens is 2. The monoisotopic (exact) mass is 626 g/mol. The number of nitrogens with zero attached hydrogens (tertiary/aromatic N) is 3. The molecule has 0 aliphatic carbocycles. The van der Waals surface area contributed by atoms with Gasteiger partial charge in [0, 0.05) is 5.41 Å². The van der Waals surface area contributed by atoms with Gasteiger partial charge in [-0.25, -0.2) is 9.18 Å². The van der Waals surface area contributed by atoms with E-state index < -0.39 is 63.5 Å². The van der Waals surface area contributed by atoms with Crippen LogP contribution < -0.4 is 15.0 Å². The van der Waals surface area contributed by atoms with E-state index in [0.29, 0.717) is 5.56 Å². The van der Waals surface area contributed by atoms with Gasteiger partial charge in [-0.3, -0.25) is 9.00 Å². The van der Waals surface area contributed by atoms with E-state index in [-0.39, 0.29) is 34.5 Å². The lowest BCUT2D eigenvalue weighted by atomic mass is 9.97.